The lowest BCUT2D eigenvalue weighted by atomic mass is 10.2. The first kappa shape index (κ1) is 13.8. The molecule has 0 radical (unpaired) electrons. The monoisotopic (exact) mass is 268 g/mol. The van der Waals surface area contributed by atoms with Gasteiger partial charge in [-0.2, -0.15) is 0 Å². The third-order valence-electron chi connectivity index (χ3n) is 2.61. The molecule has 0 heterocycles. The molecule has 2 rings (SSSR count). The van der Waals surface area contributed by atoms with Gasteiger partial charge in [-0.05, 0) is 24.6 Å². The third-order valence-corrected chi connectivity index (χ3v) is 2.61. The quantitative estimate of drug-likeness (QED) is 0.669. The van der Waals surface area contributed by atoms with E-state index in [2.05, 4.69) is 10.5 Å². The van der Waals surface area contributed by atoms with Gasteiger partial charge in [0, 0.05) is 5.69 Å². The maximum Gasteiger partial charge on any atom is 0.265 e. The van der Waals surface area contributed by atoms with Gasteiger partial charge in [0.05, 0.1) is 6.21 Å². The molecule has 4 heteroatoms. The number of rotatable bonds is 5. The van der Waals surface area contributed by atoms with E-state index in [-0.39, 0.29) is 12.5 Å². The van der Waals surface area contributed by atoms with Crippen LogP contribution in [0.2, 0.25) is 0 Å². The molecule has 20 heavy (non-hydrogen) atoms. The minimum absolute atomic E-state index is 0.114. The molecule has 0 unspecified atom stereocenters. The first-order chi connectivity index (χ1) is 9.74. The Labute approximate surface area is 118 Å². The third kappa shape index (κ3) is 4.57. The van der Waals surface area contributed by atoms with Crippen LogP contribution in [0.4, 0.5) is 5.69 Å². The highest BCUT2D eigenvalue weighted by atomic mass is 16.6. The average Bonchev–Trinajstić information content (AvgIpc) is 2.47. The van der Waals surface area contributed by atoms with Crippen molar-refractivity contribution in [2.45, 2.75) is 6.92 Å². The fraction of sp³-hybridized carbons (Fsp3) is 0.125. The van der Waals surface area contributed by atoms with Crippen molar-refractivity contribution in [1.82, 2.24) is 0 Å². The summed E-state index contributed by atoms with van der Waals surface area (Å²) in [4.78, 5) is 16.6. The Balaban J connectivity index is 1.75. The van der Waals surface area contributed by atoms with E-state index >= 15 is 0 Å². The molecule has 0 atom stereocenters. The van der Waals surface area contributed by atoms with Gasteiger partial charge < -0.3 is 10.2 Å². The van der Waals surface area contributed by atoms with Crippen LogP contribution in [0.25, 0.3) is 0 Å². The molecule has 1 amide bonds. The van der Waals surface area contributed by atoms with Gasteiger partial charge >= 0.3 is 0 Å². The smallest absolute Gasteiger partial charge is 0.265 e. The van der Waals surface area contributed by atoms with Gasteiger partial charge in [-0.1, -0.05) is 53.2 Å². The number of nitrogens with zero attached hydrogens (tertiary/aromatic N) is 1. The van der Waals surface area contributed by atoms with Crippen molar-refractivity contribution >= 4 is 17.8 Å². The number of aryl methyl sites for hydroxylation is 1. The second-order valence-corrected chi connectivity index (χ2v) is 4.33. The molecule has 1 N–H and O–H groups in total. The Morgan fingerprint density at radius 1 is 1.15 bits per heavy atom. The number of benzene rings is 2. The second kappa shape index (κ2) is 7.09. The lowest BCUT2D eigenvalue weighted by Crippen LogP contribution is -2.16. The Morgan fingerprint density at radius 3 is 2.55 bits per heavy atom. The van der Waals surface area contributed by atoms with Crippen molar-refractivity contribution in [1.29, 1.82) is 0 Å². The summed E-state index contributed by atoms with van der Waals surface area (Å²) >= 11 is 0. The van der Waals surface area contributed by atoms with Crippen molar-refractivity contribution in [3.05, 3.63) is 65.7 Å². The average molecular weight is 268 g/mol. The molecule has 0 aliphatic rings. The van der Waals surface area contributed by atoms with Gasteiger partial charge in [0.1, 0.15) is 0 Å². The zero-order valence-electron chi connectivity index (χ0n) is 11.2. The molecular weight excluding hydrogens is 252 g/mol. The lowest BCUT2D eigenvalue weighted by molar-refractivity contribution is -0.120. The second-order valence-electron chi connectivity index (χ2n) is 4.33. The molecule has 0 bridgehead atoms. The highest BCUT2D eigenvalue weighted by Gasteiger charge is 2.01. The van der Waals surface area contributed by atoms with Crippen LogP contribution in [0.3, 0.4) is 0 Å². The van der Waals surface area contributed by atoms with Crippen molar-refractivity contribution in [2.24, 2.45) is 5.16 Å². The fourth-order valence-electron chi connectivity index (χ4n) is 1.57. The van der Waals surface area contributed by atoms with Crippen LogP contribution in [0.15, 0.2) is 59.8 Å². The first-order valence-electron chi connectivity index (χ1n) is 6.31. The summed E-state index contributed by atoms with van der Waals surface area (Å²) in [6.45, 7) is 1.88. The molecular formula is C16H16N2O2. The fourth-order valence-corrected chi connectivity index (χ4v) is 1.57. The zero-order chi connectivity index (χ0) is 14.2. The molecule has 0 saturated carbocycles. The number of oxime groups is 1. The van der Waals surface area contributed by atoms with Crippen LogP contribution in [-0.2, 0) is 9.63 Å². The summed E-state index contributed by atoms with van der Waals surface area (Å²) in [5.74, 6) is -0.237. The van der Waals surface area contributed by atoms with Crippen LogP contribution in [0.1, 0.15) is 11.1 Å². The van der Waals surface area contributed by atoms with Crippen LogP contribution in [0.5, 0.6) is 0 Å². The predicted octanol–water partition coefficient (Wildman–Crippen LogP) is 2.98. The zero-order valence-corrected chi connectivity index (χ0v) is 11.2. The summed E-state index contributed by atoms with van der Waals surface area (Å²) in [5.41, 5.74) is 2.81. The van der Waals surface area contributed by atoms with Gasteiger partial charge in [0.15, 0.2) is 6.61 Å². The van der Waals surface area contributed by atoms with Crippen LogP contribution in [-0.4, -0.2) is 18.7 Å². The number of amides is 1. The molecule has 2 aromatic rings. The number of carbonyl (C=O) groups excluding carboxylic acids is 1. The van der Waals surface area contributed by atoms with Crippen LogP contribution >= 0.6 is 0 Å². The van der Waals surface area contributed by atoms with E-state index in [1.165, 1.54) is 0 Å². The number of nitrogens with one attached hydrogen (secondary N) is 1. The van der Waals surface area contributed by atoms with Crippen LogP contribution < -0.4 is 5.32 Å². The molecule has 0 aromatic heterocycles. The van der Waals surface area contributed by atoms with Gasteiger partial charge in [0.25, 0.3) is 5.91 Å². The summed E-state index contributed by atoms with van der Waals surface area (Å²) < 4.78 is 0. The summed E-state index contributed by atoms with van der Waals surface area (Å²) in [7, 11) is 0. The predicted molar refractivity (Wildman–Crippen MR) is 79.8 cm³/mol. The standard InChI is InChI=1S/C16H16N2O2/c1-13-7-9-15(10-8-13)18-16(19)12-20-17-11-14-5-3-2-4-6-14/h2-11H,12H2,1H3,(H,18,19)/b17-11-. The Hall–Kier alpha value is -2.62. The maximum absolute atomic E-state index is 11.6. The van der Waals surface area contributed by atoms with E-state index in [4.69, 9.17) is 4.84 Å². The Kier molecular flexibility index (Phi) is 4.89. The topological polar surface area (TPSA) is 50.7 Å². The van der Waals surface area contributed by atoms with Crippen molar-refractivity contribution in [3.8, 4) is 0 Å². The van der Waals surface area contributed by atoms with Gasteiger partial charge in [0.2, 0.25) is 0 Å². The van der Waals surface area contributed by atoms with Gasteiger partial charge in [-0.3, -0.25) is 4.79 Å². The molecule has 0 saturated heterocycles. The summed E-state index contributed by atoms with van der Waals surface area (Å²) in [6.07, 6.45) is 1.57. The molecule has 0 aliphatic carbocycles. The largest absolute Gasteiger partial charge is 0.386 e. The maximum atomic E-state index is 11.6. The summed E-state index contributed by atoms with van der Waals surface area (Å²) in [5, 5.41) is 6.48. The van der Waals surface area contributed by atoms with E-state index in [0.717, 1.165) is 16.8 Å². The van der Waals surface area contributed by atoms with Crippen molar-refractivity contribution in [3.63, 3.8) is 0 Å². The minimum Gasteiger partial charge on any atom is -0.386 e. The highest BCUT2D eigenvalue weighted by Crippen LogP contribution is 2.08. The molecule has 0 aliphatic heterocycles. The Morgan fingerprint density at radius 2 is 1.85 bits per heavy atom. The van der Waals surface area contributed by atoms with E-state index < -0.39 is 0 Å². The SMILES string of the molecule is Cc1ccc(NC(=O)CO/N=C\c2ccccc2)cc1. The Bertz CT molecular complexity index is 577. The summed E-state index contributed by atoms with van der Waals surface area (Å²) in [6, 6.07) is 17.1. The number of anilines is 1. The first-order valence-corrected chi connectivity index (χ1v) is 6.31. The van der Waals surface area contributed by atoms with Crippen molar-refractivity contribution < 1.29 is 9.63 Å². The number of carbonyl (C=O) groups is 1. The van der Waals surface area contributed by atoms with Crippen LogP contribution in [0, 0.1) is 6.92 Å². The van der Waals surface area contributed by atoms with Gasteiger partial charge in [-0.25, -0.2) is 0 Å². The molecule has 102 valence electrons. The lowest BCUT2D eigenvalue weighted by Gasteiger charge is -2.04. The van der Waals surface area contributed by atoms with E-state index in [0.29, 0.717) is 0 Å². The van der Waals surface area contributed by atoms with E-state index in [1.807, 2.05) is 61.5 Å². The molecule has 4 nitrogen and oxygen atoms in total. The molecule has 0 spiro atoms. The van der Waals surface area contributed by atoms with E-state index in [9.17, 15) is 4.79 Å². The minimum atomic E-state index is -0.237. The normalized spacial score (nSPS) is 10.4. The molecule has 2 aromatic carbocycles. The number of hydrogen-bond acceptors (Lipinski definition) is 3. The molecule has 0 fully saturated rings. The van der Waals surface area contributed by atoms with E-state index in [1.54, 1.807) is 6.21 Å². The van der Waals surface area contributed by atoms with Crippen molar-refractivity contribution in [2.75, 3.05) is 11.9 Å². The van der Waals surface area contributed by atoms with Gasteiger partial charge in [-0.15, -0.1) is 0 Å². The number of hydrogen-bond donors (Lipinski definition) is 1. The highest BCUT2D eigenvalue weighted by molar-refractivity contribution is 5.91.